The number of alkyl halides is 1. The van der Waals surface area contributed by atoms with Gasteiger partial charge in [-0.15, -0.1) is 0 Å². The van der Waals surface area contributed by atoms with Gasteiger partial charge in [0.15, 0.2) is 19.8 Å². The first-order chi connectivity index (χ1) is 6.82. The van der Waals surface area contributed by atoms with Gasteiger partial charge >= 0.3 is 0 Å². The van der Waals surface area contributed by atoms with E-state index in [4.69, 9.17) is 0 Å². The molecule has 15 heavy (non-hydrogen) atoms. The van der Waals surface area contributed by atoms with Crippen LogP contribution in [0.25, 0.3) is 0 Å². The molecule has 0 bridgehead atoms. The van der Waals surface area contributed by atoms with Crippen molar-refractivity contribution in [2.75, 3.05) is 6.26 Å². The van der Waals surface area contributed by atoms with Crippen LogP contribution in [0.5, 0.6) is 0 Å². The van der Waals surface area contributed by atoms with E-state index >= 15 is 0 Å². The molecule has 5 heteroatoms. The van der Waals surface area contributed by atoms with Gasteiger partial charge < -0.3 is 0 Å². The fraction of sp³-hybridized carbons (Fsp3) is 0.300. The van der Waals surface area contributed by atoms with Crippen molar-refractivity contribution in [2.45, 2.75) is 11.1 Å². The highest BCUT2D eigenvalue weighted by molar-refractivity contribution is 9.11. The standard InChI is InChI=1S/C10H11BrO3S/c1-7-4-3-5-8(6-7)9(12)10(11)15(2,13)14/h3-6,10H,1-2H3/t10-/m1/s1. The molecule has 0 aliphatic heterocycles. The summed E-state index contributed by atoms with van der Waals surface area (Å²) in [7, 11) is -3.40. The largest absolute Gasteiger partial charge is 0.292 e. The van der Waals surface area contributed by atoms with E-state index in [0.29, 0.717) is 5.56 Å². The summed E-state index contributed by atoms with van der Waals surface area (Å²) in [5.41, 5.74) is 1.33. The zero-order valence-corrected chi connectivity index (χ0v) is 10.8. The molecule has 0 amide bonds. The molecule has 0 saturated heterocycles. The molecule has 0 N–H and O–H groups in total. The van der Waals surface area contributed by atoms with E-state index in [2.05, 4.69) is 15.9 Å². The highest BCUT2D eigenvalue weighted by atomic mass is 79.9. The van der Waals surface area contributed by atoms with Gasteiger partial charge in [0.25, 0.3) is 0 Å². The zero-order chi connectivity index (χ0) is 11.6. The molecular weight excluding hydrogens is 280 g/mol. The third-order valence-electron chi connectivity index (χ3n) is 1.88. The Hall–Kier alpha value is -0.680. The molecule has 3 nitrogen and oxygen atoms in total. The Morgan fingerprint density at radius 3 is 2.47 bits per heavy atom. The lowest BCUT2D eigenvalue weighted by atomic mass is 10.1. The number of halogens is 1. The molecule has 0 aliphatic carbocycles. The lowest BCUT2D eigenvalue weighted by Crippen LogP contribution is -2.23. The van der Waals surface area contributed by atoms with Crippen LogP contribution < -0.4 is 0 Å². The van der Waals surface area contributed by atoms with Gasteiger partial charge in [0.05, 0.1) is 0 Å². The summed E-state index contributed by atoms with van der Waals surface area (Å²) in [4.78, 5) is 11.7. The van der Waals surface area contributed by atoms with Crippen molar-refractivity contribution in [1.29, 1.82) is 0 Å². The number of rotatable bonds is 3. The van der Waals surface area contributed by atoms with Crippen molar-refractivity contribution in [3.63, 3.8) is 0 Å². The molecule has 82 valence electrons. The smallest absolute Gasteiger partial charge is 0.191 e. The SMILES string of the molecule is Cc1cccc(C(=O)[C@H](Br)S(C)(=O)=O)c1. The van der Waals surface area contributed by atoms with Crippen LogP contribution in [0.15, 0.2) is 24.3 Å². The number of aryl methyl sites for hydroxylation is 1. The van der Waals surface area contributed by atoms with Gasteiger partial charge in [0.2, 0.25) is 0 Å². The predicted molar refractivity (Wildman–Crippen MR) is 63.1 cm³/mol. The maximum atomic E-state index is 11.7. The van der Waals surface area contributed by atoms with Crippen molar-refractivity contribution < 1.29 is 13.2 Å². The molecule has 1 aromatic rings. The summed E-state index contributed by atoms with van der Waals surface area (Å²) >= 11 is 2.89. The summed E-state index contributed by atoms with van der Waals surface area (Å²) in [6.45, 7) is 1.85. The third-order valence-corrected chi connectivity index (χ3v) is 5.30. The zero-order valence-electron chi connectivity index (χ0n) is 8.40. The Morgan fingerprint density at radius 2 is 2.00 bits per heavy atom. The Bertz CT molecular complexity index is 479. The molecule has 1 atom stereocenters. The lowest BCUT2D eigenvalue weighted by molar-refractivity contribution is 0.101. The number of ketones is 1. The van der Waals surface area contributed by atoms with E-state index in [0.717, 1.165) is 11.8 Å². The highest BCUT2D eigenvalue weighted by Gasteiger charge is 2.26. The Balaban J connectivity index is 3.06. The van der Waals surface area contributed by atoms with Crippen LogP contribution in [0.2, 0.25) is 0 Å². The monoisotopic (exact) mass is 290 g/mol. The molecule has 0 aliphatic rings. The topological polar surface area (TPSA) is 51.2 Å². The number of sulfone groups is 1. The van der Waals surface area contributed by atoms with E-state index in [-0.39, 0.29) is 0 Å². The molecule has 0 radical (unpaired) electrons. The Morgan fingerprint density at radius 1 is 1.40 bits per heavy atom. The minimum atomic E-state index is -3.40. The molecule has 0 aromatic heterocycles. The van der Waals surface area contributed by atoms with Crippen LogP contribution in [-0.2, 0) is 9.84 Å². The van der Waals surface area contributed by atoms with Gasteiger partial charge in [0.1, 0.15) is 0 Å². The number of hydrogen-bond acceptors (Lipinski definition) is 3. The first-order valence-electron chi connectivity index (χ1n) is 4.26. The number of benzene rings is 1. The maximum Gasteiger partial charge on any atom is 0.191 e. The first kappa shape index (κ1) is 12.4. The van der Waals surface area contributed by atoms with Gasteiger partial charge in [-0.05, 0) is 13.0 Å². The predicted octanol–water partition coefficient (Wildman–Crippen LogP) is 1.94. The molecule has 0 unspecified atom stereocenters. The van der Waals surface area contributed by atoms with Gasteiger partial charge in [-0.2, -0.15) is 0 Å². The van der Waals surface area contributed by atoms with Crippen LogP contribution in [0.4, 0.5) is 0 Å². The summed E-state index contributed by atoms with van der Waals surface area (Å²) in [6.07, 6.45) is 1.03. The van der Waals surface area contributed by atoms with Crippen molar-refractivity contribution in [2.24, 2.45) is 0 Å². The van der Waals surface area contributed by atoms with Gasteiger partial charge in [-0.1, -0.05) is 39.7 Å². The van der Waals surface area contributed by atoms with E-state index < -0.39 is 19.8 Å². The van der Waals surface area contributed by atoms with Gasteiger partial charge in [-0.25, -0.2) is 8.42 Å². The minimum Gasteiger partial charge on any atom is -0.292 e. The highest BCUT2D eigenvalue weighted by Crippen LogP contribution is 2.16. The van der Waals surface area contributed by atoms with E-state index in [1.807, 2.05) is 13.0 Å². The van der Waals surface area contributed by atoms with Gasteiger partial charge in [0, 0.05) is 11.8 Å². The second-order valence-corrected chi connectivity index (χ2v) is 7.03. The molecule has 0 fully saturated rings. The quantitative estimate of drug-likeness (QED) is 0.631. The van der Waals surface area contributed by atoms with Crippen molar-refractivity contribution in [3.05, 3.63) is 35.4 Å². The maximum absolute atomic E-state index is 11.7. The lowest BCUT2D eigenvalue weighted by Gasteiger charge is -2.06. The number of carbonyl (C=O) groups is 1. The fourth-order valence-corrected chi connectivity index (χ4v) is 1.91. The summed E-state index contributed by atoms with van der Waals surface area (Å²) in [5.74, 6) is -0.429. The third kappa shape index (κ3) is 3.14. The number of carbonyl (C=O) groups excluding carboxylic acids is 1. The second kappa shape index (κ2) is 4.45. The number of hydrogen-bond donors (Lipinski definition) is 0. The van der Waals surface area contributed by atoms with Gasteiger partial charge in [-0.3, -0.25) is 4.79 Å². The summed E-state index contributed by atoms with van der Waals surface area (Å²) in [5, 5.41) is 0. The van der Waals surface area contributed by atoms with Crippen LogP contribution >= 0.6 is 15.9 Å². The molecule has 0 saturated carbocycles. The van der Waals surface area contributed by atoms with E-state index in [1.54, 1.807) is 18.2 Å². The van der Waals surface area contributed by atoms with Crippen LogP contribution in [-0.4, -0.2) is 24.6 Å². The molecule has 1 rings (SSSR count). The van der Waals surface area contributed by atoms with E-state index in [1.165, 1.54) is 0 Å². The van der Waals surface area contributed by atoms with E-state index in [9.17, 15) is 13.2 Å². The summed E-state index contributed by atoms with van der Waals surface area (Å²) < 4.78 is 21.2. The van der Waals surface area contributed by atoms with Crippen LogP contribution in [0.1, 0.15) is 15.9 Å². The van der Waals surface area contributed by atoms with Crippen LogP contribution in [0, 0.1) is 6.92 Å². The second-order valence-electron chi connectivity index (χ2n) is 3.38. The minimum absolute atomic E-state index is 0.405. The molecule has 0 heterocycles. The van der Waals surface area contributed by atoms with Crippen molar-refractivity contribution >= 4 is 31.6 Å². The number of Topliss-reactive ketones (excluding diaryl/α,β-unsaturated/α-hetero) is 1. The Kier molecular flexibility index (Phi) is 3.67. The summed E-state index contributed by atoms with van der Waals surface area (Å²) in [6, 6.07) is 6.85. The molecule has 0 spiro atoms. The molecular formula is C10H11BrO3S. The Labute approximate surface area is 97.5 Å². The average molecular weight is 291 g/mol. The molecule has 1 aromatic carbocycles. The van der Waals surface area contributed by atoms with Crippen LogP contribution in [0.3, 0.4) is 0 Å². The van der Waals surface area contributed by atoms with Crippen molar-refractivity contribution in [1.82, 2.24) is 0 Å². The average Bonchev–Trinajstić information content (AvgIpc) is 2.14. The fourth-order valence-electron chi connectivity index (χ4n) is 1.12. The normalized spacial score (nSPS) is 13.5. The first-order valence-corrected chi connectivity index (χ1v) is 7.13. The van der Waals surface area contributed by atoms with Crippen molar-refractivity contribution in [3.8, 4) is 0 Å².